The topological polar surface area (TPSA) is 73.3 Å². The minimum Gasteiger partial charge on any atom is -0.368 e. The van der Waals surface area contributed by atoms with Gasteiger partial charge in [-0.1, -0.05) is 12.8 Å². The molecule has 3 saturated heterocycles. The quantitative estimate of drug-likeness (QED) is 0.656. The van der Waals surface area contributed by atoms with Crippen LogP contribution < -0.4 is 16.8 Å². The molecule has 0 radical (unpaired) electrons. The van der Waals surface area contributed by atoms with Crippen LogP contribution in [-0.2, 0) is 4.74 Å². The zero-order valence-electron chi connectivity index (χ0n) is 18.9. The molecule has 0 amide bonds. The van der Waals surface area contributed by atoms with Crippen molar-refractivity contribution in [3.63, 3.8) is 0 Å². The largest absolute Gasteiger partial charge is 0.368 e. The highest BCUT2D eigenvalue weighted by atomic mass is 16.5. The number of hydrogen-bond donors (Lipinski definition) is 3. The summed E-state index contributed by atoms with van der Waals surface area (Å²) in [6.45, 7) is 5.75. The summed E-state index contributed by atoms with van der Waals surface area (Å²) >= 11 is 0. The summed E-state index contributed by atoms with van der Waals surface area (Å²) in [6, 6.07) is 0.330. The zero-order chi connectivity index (χ0) is 20.3. The summed E-state index contributed by atoms with van der Waals surface area (Å²) in [5.41, 5.74) is 13.4. The van der Waals surface area contributed by atoms with E-state index < -0.39 is 0 Å². The van der Waals surface area contributed by atoms with Crippen LogP contribution in [0.5, 0.6) is 0 Å². The van der Waals surface area contributed by atoms with Crippen LogP contribution >= 0.6 is 0 Å². The van der Waals surface area contributed by atoms with Crippen molar-refractivity contribution in [2.45, 2.75) is 121 Å². The Labute approximate surface area is 178 Å². The summed E-state index contributed by atoms with van der Waals surface area (Å²) in [6.07, 6.45) is 17.8. The molecule has 7 unspecified atom stereocenters. The van der Waals surface area contributed by atoms with E-state index in [1.807, 2.05) is 0 Å². The first kappa shape index (κ1) is 20.7. The zero-order valence-corrected chi connectivity index (χ0v) is 18.9. The van der Waals surface area contributed by atoms with E-state index in [0.29, 0.717) is 23.3 Å². The molecule has 7 atom stereocenters. The van der Waals surface area contributed by atoms with Crippen molar-refractivity contribution in [1.82, 2.24) is 5.32 Å². The number of rotatable bonds is 3. The van der Waals surface area contributed by atoms with E-state index in [1.54, 1.807) is 0 Å². The van der Waals surface area contributed by atoms with Crippen LogP contribution in [0, 0.1) is 29.1 Å². The molecule has 29 heavy (non-hydrogen) atoms. The second-order valence-electron chi connectivity index (χ2n) is 12.4. The summed E-state index contributed by atoms with van der Waals surface area (Å²) in [5.74, 6) is 2.94. The van der Waals surface area contributed by atoms with E-state index >= 15 is 0 Å². The van der Waals surface area contributed by atoms with Crippen molar-refractivity contribution in [2.24, 2.45) is 40.6 Å². The van der Waals surface area contributed by atoms with E-state index in [9.17, 15) is 0 Å². The lowest BCUT2D eigenvalue weighted by atomic mass is 9.54. The first-order chi connectivity index (χ1) is 13.8. The lowest BCUT2D eigenvalue weighted by Crippen LogP contribution is -2.66. The number of hydrogen-bond acceptors (Lipinski definition) is 4. The van der Waals surface area contributed by atoms with Crippen LogP contribution in [0.2, 0.25) is 0 Å². The molecule has 3 aliphatic heterocycles. The van der Waals surface area contributed by atoms with Gasteiger partial charge in [0.05, 0.1) is 17.4 Å². The molecule has 2 bridgehead atoms. The molecule has 5 N–H and O–H groups in total. The minimum absolute atomic E-state index is 0.0465. The summed E-state index contributed by atoms with van der Waals surface area (Å²) in [5, 5.41) is 3.54. The average molecular weight is 404 g/mol. The Bertz CT molecular complexity index is 593. The SMILES string of the molecule is CC1(C)OC2(C3CC(CC4CCC(N)NC4)CC4(CCCC4)C3)CCC1C(N)C2. The fourth-order valence-electron chi connectivity index (χ4n) is 8.78. The highest BCUT2D eigenvalue weighted by Crippen LogP contribution is 2.61. The smallest absolute Gasteiger partial charge is 0.0733 e. The van der Waals surface area contributed by atoms with Crippen LogP contribution in [0.25, 0.3) is 0 Å². The van der Waals surface area contributed by atoms with Gasteiger partial charge in [-0.15, -0.1) is 0 Å². The van der Waals surface area contributed by atoms with Gasteiger partial charge in [0.15, 0.2) is 0 Å². The van der Waals surface area contributed by atoms with Gasteiger partial charge in [0.2, 0.25) is 0 Å². The molecule has 4 nitrogen and oxygen atoms in total. The third-order valence-electron chi connectivity index (χ3n) is 9.98. The first-order valence-electron chi connectivity index (χ1n) is 12.7. The molecule has 3 saturated carbocycles. The fourth-order valence-corrected chi connectivity index (χ4v) is 8.78. The molecule has 3 heterocycles. The number of fused-ring (bicyclic) bond motifs is 3. The van der Waals surface area contributed by atoms with Gasteiger partial charge in [-0.3, -0.25) is 0 Å². The average Bonchev–Trinajstić information content (AvgIpc) is 3.09. The summed E-state index contributed by atoms with van der Waals surface area (Å²) in [7, 11) is 0. The second kappa shape index (κ2) is 7.46. The standard InChI is InChI=1S/C25H45N3O/c1-23(2)20-7-10-25(29-23,15-21(20)26)19-12-18(11-17-5-6-22(27)28-16-17)13-24(14-19)8-3-4-9-24/h17-22,28H,3-16,26-27H2,1-2H3. The van der Waals surface area contributed by atoms with E-state index in [-0.39, 0.29) is 17.4 Å². The molecule has 1 spiro atoms. The van der Waals surface area contributed by atoms with Crippen molar-refractivity contribution >= 4 is 0 Å². The Morgan fingerprint density at radius 1 is 0.931 bits per heavy atom. The Hall–Kier alpha value is -0.160. The van der Waals surface area contributed by atoms with E-state index in [2.05, 4.69) is 19.2 Å². The minimum atomic E-state index is -0.0465. The van der Waals surface area contributed by atoms with Crippen LogP contribution in [0.4, 0.5) is 0 Å². The van der Waals surface area contributed by atoms with Crippen molar-refractivity contribution in [2.75, 3.05) is 6.54 Å². The van der Waals surface area contributed by atoms with Gasteiger partial charge in [0, 0.05) is 12.0 Å². The van der Waals surface area contributed by atoms with Crippen molar-refractivity contribution in [1.29, 1.82) is 0 Å². The van der Waals surface area contributed by atoms with E-state index in [1.165, 1.54) is 70.6 Å². The monoisotopic (exact) mass is 403 g/mol. The fraction of sp³-hybridized carbons (Fsp3) is 1.00. The van der Waals surface area contributed by atoms with Gasteiger partial charge < -0.3 is 21.5 Å². The highest BCUT2D eigenvalue weighted by Gasteiger charge is 2.59. The van der Waals surface area contributed by atoms with E-state index in [4.69, 9.17) is 16.2 Å². The highest BCUT2D eigenvalue weighted by molar-refractivity contribution is 5.10. The maximum atomic E-state index is 7.02. The number of nitrogens with one attached hydrogen (secondary N) is 1. The van der Waals surface area contributed by atoms with Gasteiger partial charge in [-0.25, -0.2) is 0 Å². The van der Waals surface area contributed by atoms with Crippen molar-refractivity contribution in [3.05, 3.63) is 0 Å². The molecule has 6 fully saturated rings. The predicted octanol–water partition coefficient (Wildman–Crippen LogP) is 4.31. The van der Waals surface area contributed by atoms with Crippen LogP contribution in [0.1, 0.15) is 97.3 Å². The normalized spacial score (nSPS) is 48.8. The molecule has 0 aromatic heterocycles. The van der Waals surface area contributed by atoms with Gasteiger partial charge in [-0.2, -0.15) is 0 Å². The lowest BCUT2D eigenvalue weighted by molar-refractivity contribution is -0.273. The molecular formula is C25H45N3O. The number of nitrogens with two attached hydrogens (primary N) is 2. The van der Waals surface area contributed by atoms with Crippen molar-refractivity contribution < 1.29 is 4.74 Å². The van der Waals surface area contributed by atoms with Crippen LogP contribution in [-0.4, -0.2) is 30.0 Å². The first-order valence-corrected chi connectivity index (χ1v) is 12.7. The summed E-state index contributed by atoms with van der Waals surface area (Å²) in [4.78, 5) is 0. The molecule has 0 aromatic rings. The second-order valence-corrected chi connectivity index (χ2v) is 12.4. The molecular weight excluding hydrogens is 358 g/mol. The van der Waals surface area contributed by atoms with Gasteiger partial charge >= 0.3 is 0 Å². The number of ether oxygens (including phenoxy) is 1. The molecule has 0 aromatic carbocycles. The molecule has 4 heteroatoms. The van der Waals surface area contributed by atoms with Crippen molar-refractivity contribution in [3.8, 4) is 0 Å². The summed E-state index contributed by atoms with van der Waals surface area (Å²) < 4.78 is 7.02. The Morgan fingerprint density at radius 3 is 2.38 bits per heavy atom. The van der Waals surface area contributed by atoms with Crippen LogP contribution in [0.3, 0.4) is 0 Å². The third kappa shape index (κ3) is 3.81. The molecule has 166 valence electrons. The Morgan fingerprint density at radius 2 is 1.72 bits per heavy atom. The van der Waals surface area contributed by atoms with Gasteiger partial charge in [-0.05, 0) is 114 Å². The predicted molar refractivity (Wildman–Crippen MR) is 118 cm³/mol. The Kier molecular flexibility index (Phi) is 5.33. The Balaban J connectivity index is 1.36. The maximum absolute atomic E-state index is 7.02. The molecule has 6 rings (SSSR count). The van der Waals surface area contributed by atoms with Crippen LogP contribution in [0.15, 0.2) is 0 Å². The molecule has 6 aliphatic rings. The van der Waals surface area contributed by atoms with Gasteiger partial charge in [0.25, 0.3) is 0 Å². The van der Waals surface area contributed by atoms with E-state index in [0.717, 1.165) is 31.2 Å². The third-order valence-corrected chi connectivity index (χ3v) is 9.98. The lowest BCUT2D eigenvalue weighted by Gasteiger charge is -2.62. The number of piperidine rings is 1. The van der Waals surface area contributed by atoms with Gasteiger partial charge in [0.1, 0.15) is 0 Å². The molecule has 3 aliphatic carbocycles. The maximum Gasteiger partial charge on any atom is 0.0733 e.